The minimum Gasteiger partial charge on any atom is -0.497 e. The number of benzene rings is 1. The van der Waals surface area contributed by atoms with E-state index in [2.05, 4.69) is 4.72 Å². The molecule has 0 spiro atoms. The lowest BCUT2D eigenvalue weighted by molar-refractivity contribution is 0.414. The van der Waals surface area contributed by atoms with Crippen molar-refractivity contribution in [3.63, 3.8) is 0 Å². The molecule has 0 atom stereocenters. The van der Waals surface area contributed by atoms with Gasteiger partial charge in [-0.2, -0.15) is 0 Å². The van der Waals surface area contributed by atoms with Crippen molar-refractivity contribution >= 4 is 15.9 Å². The average molecular weight is 285 g/mol. The molecule has 1 aromatic carbocycles. The predicted octanol–water partition coefficient (Wildman–Crippen LogP) is 1.08. The fraction of sp³-hybridized carbons (Fsp3) is 0.417. The monoisotopic (exact) mass is 285 g/mol. The van der Waals surface area contributed by atoms with Crippen LogP contribution in [0.4, 0.5) is 0 Å². The third kappa shape index (κ3) is 5.27. The molecular weight excluding hydrogens is 266 g/mol. The van der Waals surface area contributed by atoms with Crippen LogP contribution in [0.5, 0.6) is 5.75 Å². The maximum atomic E-state index is 11.9. The van der Waals surface area contributed by atoms with Crippen LogP contribution in [0.1, 0.15) is 19.3 Å². The lowest BCUT2D eigenvalue weighted by Crippen LogP contribution is -2.25. The van der Waals surface area contributed by atoms with Crippen molar-refractivity contribution in [3.05, 3.63) is 24.3 Å². The lowest BCUT2D eigenvalue weighted by Gasteiger charge is -2.07. The number of unbranched alkanes of at least 4 members (excludes halogenated alkanes) is 1. The molecule has 0 saturated carbocycles. The van der Waals surface area contributed by atoms with Gasteiger partial charge in [-0.15, -0.1) is 0 Å². The first-order chi connectivity index (χ1) is 8.95. The van der Waals surface area contributed by atoms with Gasteiger partial charge >= 0.3 is 0 Å². The van der Waals surface area contributed by atoms with E-state index in [1.54, 1.807) is 12.1 Å². The number of nitrogens with two attached hydrogens (primary N) is 1. The summed E-state index contributed by atoms with van der Waals surface area (Å²) in [5.41, 5.74) is 5.21. The molecule has 4 N–H and O–H groups in total. The second-order valence-electron chi connectivity index (χ2n) is 4.06. The normalized spacial score (nSPS) is 11.2. The molecule has 0 saturated heterocycles. The van der Waals surface area contributed by atoms with E-state index < -0.39 is 10.0 Å². The number of hydrogen-bond acceptors (Lipinski definition) is 4. The molecular formula is C12H19N3O3S. The van der Waals surface area contributed by atoms with E-state index in [9.17, 15) is 8.42 Å². The molecule has 7 heteroatoms. The van der Waals surface area contributed by atoms with E-state index >= 15 is 0 Å². The molecule has 106 valence electrons. The Morgan fingerprint density at radius 1 is 1.32 bits per heavy atom. The molecule has 6 nitrogen and oxygen atoms in total. The van der Waals surface area contributed by atoms with Crippen molar-refractivity contribution in [2.45, 2.75) is 24.2 Å². The smallest absolute Gasteiger partial charge is 0.240 e. The highest BCUT2D eigenvalue weighted by Gasteiger charge is 2.12. The highest BCUT2D eigenvalue weighted by atomic mass is 32.2. The Morgan fingerprint density at radius 2 is 1.95 bits per heavy atom. The van der Waals surface area contributed by atoms with E-state index in [1.165, 1.54) is 19.2 Å². The van der Waals surface area contributed by atoms with E-state index in [-0.39, 0.29) is 10.7 Å². The molecule has 0 unspecified atom stereocenters. The molecule has 0 aromatic heterocycles. The van der Waals surface area contributed by atoms with Crippen molar-refractivity contribution in [3.8, 4) is 5.75 Å². The molecule has 0 fully saturated rings. The molecule has 0 radical (unpaired) electrons. The Labute approximate surface area is 113 Å². The minimum atomic E-state index is -3.48. The third-order valence-electron chi connectivity index (χ3n) is 2.53. The number of rotatable bonds is 8. The summed E-state index contributed by atoms with van der Waals surface area (Å²) >= 11 is 0. The van der Waals surface area contributed by atoms with Gasteiger partial charge in [0.1, 0.15) is 5.75 Å². The molecule has 0 aliphatic carbocycles. The van der Waals surface area contributed by atoms with Crippen LogP contribution in [0.25, 0.3) is 0 Å². The average Bonchev–Trinajstić information content (AvgIpc) is 2.38. The van der Waals surface area contributed by atoms with Crippen molar-refractivity contribution < 1.29 is 13.2 Å². The summed E-state index contributed by atoms with van der Waals surface area (Å²) in [6.07, 6.45) is 1.83. The van der Waals surface area contributed by atoms with E-state index in [0.29, 0.717) is 31.6 Å². The molecule has 0 amide bonds. The Kier molecular flexibility index (Phi) is 5.78. The predicted molar refractivity (Wildman–Crippen MR) is 73.9 cm³/mol. The molecule has 0 bridgehead atoms. The maximum Gasteiger partial charge on any atom is 0.240 e. The van der Waals surface area contributed by atoms with Gasteiger partial charge < -0.3 is 10.5 Å². The van der Waals surface area contributed by atoms with Gasteiger partial charge in [0.05, 0.1) is 17.8 Å². The van der Waals surface area contributed by atoms with Gasteiger partial charge in [0, 0.05) is 13.0 Å². The summed E-state index contributed by atoms with van der Waals surface area (Å²) in [5, 5.41) is 7.05. The number of ether oxygens (including phenoxy) is 1. The summed E-state index contributed by atoms with van der Waals surface area (Å²) in [6.45, 7) is 0.335. The molecule has 1 aromatic rings. The van der Waals surface area contributed by atoms with Crippen LogP contribution >= 0.6 is 0 Å². The summed E-state index contributed by atoms with van der Waals surface area (Å²) in [6, 6.07) is 6.20. The van der Waals surface area contributed by atoms with Gasteiger partial charge in [-0.3, -0.25) is 5.41 Å². The Hall–Kier alpha value is -1.60. The minimum absolute atomic E-state index is 0.123. The van der Waals surface area contributed by atoms with Crippen LogP contribution in [0.2, 0.25) is 0 Å². The second kappa shape index (κ2) is 7.10. The first kappa shape index (κ1) is 15.5. The number of nitrogens with one attached hydrogen (secondary N) is 2. The number of amidine groups is 1. The Balaban J connectivity index is 2.48. The summed E-state index contributed by atoms with van der Waals surface area (Å²) in [7, 11) is -1.95. The Bertz CT molecular complexity index is 512. The van der Waals surface area contributed by atoms with Crippen LogP contribution in [-0.4, -0.2) is 27.9 Å². The highest BCUT2D eigenvalue weighted by Crippen LogP contribution is 2.15. The highest BCUT2D eigenvalue weighted by molar-refractivity contribution is 7.89. The molecule has 0 heterocycles. The molecule has 19 heavy (non-hydrogen) atoms. The van der Waals surface area contributed by atoms with Crippen molar-refractivity contribution in [1.29, 1.82) is 5.41 Å². The first-order valence-electron chi connectivity index (χ1n) is 5.92. The van der Waals surface area contributed by atoms with Gasteiger partial charge in [-0.05, 0) is 37.1 Å². The Morgan fingerprint density at radius 3 is 2.47 bits per heavy atom. The summed E-state index contributed by atoms with van der Waals surface area (Å²) < 4.78 is 31.3. The molecule has 0 aliphatic rings. The third-order valence-corrected chi connectivity index (χ3v) is 4.01. The zero-order valence-electron chi connectivity index (χ0n) is 10.8. The van der Waals surface area contributed by atoms with Gasteiger partial charge in [-0.25, -0.2) is 13.1 Å². The fourth-order valence-corrected chi connectivity index (χ4v) is 2.56. The van der Waals surface area contributed by atoms with E-state index in [1.807, 2.05) is 0 Å². The van der Waals surface area contributed by atoms with Crippen molar-refractivity contribution in [2.75, 3.05) is 13.7 Å². The van der Waals surface area contributed by atoms with Crippen molar-refractivity contribution in [1.82, 2.24) is 4.72 Å². The summed E-state index contributed by atoms with van der Waals surface area (Å²) in [5.74, 6) is 0.735. The van der Waals surface area contributed by atoms with Gasteiger partial charge in [0.25, 0.3) is 0 Å². The van der Waals surface area contributed by atoms with Gasteiger partial charge in [0.2, 0.25) is 10.0 Å². The molecule has 1 rings (SSSR count). The van der Waals surface area contributed by atoms with Crippen LogP contribution in [0, 0.1) is 5.41 Å². The van der Waals surface area contributed by atoms with Crippen LogP contribution in [0.15, 0.2) is 29.2 Å². The summed E-state index contributed by atoms with van der Waals surface area (Å²) in [4.78, 5) is 0.208. The van der Waals surface area contributed by atoms with Crippen LogP contribution in [0.3, 0.4) is 0 Å². The topological polar surface area (TPSA) is 105 Å². The lowest BCUT2D eigenvalue weighted by atomic mass is 10.2. The first-order valence-corrected chi connectivity index (χ1v) is 7.40. The zero-order valence-corrected chi connectivity index (χ0v) is 11.7. The van der Waals surface area contributed by atoms with Crippen molar-refractivity contribution in [2.24, 2.45) is 5.73 Å². The number of methoxy groups -OCH3 is 1. The van der Waals surface area contributed by atoms with Gasteiger partial charge in [-0.1, -0.05) is 0 Å². The zero-order chi connectivity index (χ0) is 14.3. The van der Waals surface area contributed by atoms with Crippen LogP contribution < -0.4 is 15.2 Å². The second-order valence-corrected chi connectivity index (χ2v) is 5.82. The largest absolute Gasteiger partial charge is 0.497 e. The fourth-order valence-electron chi connectivity index (χ4n) is 1.49. The number of sulfonamides is 1. The van der Waals surface area contributed by atoms with E-state index in [0.717, 1.165) is 0 Å². The van der Waals surface area contributed by atoms with E-state index in [4.69, 9.17) is 15.9 Å². The maximum absolute atomic E-state index is 11.9. The SMILES string of the molecule is COc1ccc(S(=O)(=O)NCCCCC(=N)N)cc1. The molecule has 0 aliphatic heterocycles. The standard InChI is InChI=1S/C12H19N3O3S/c1-18-10-5-7-11(8-6-10)19(16,17)15-9-3-2-4-12(13)14/h5-8,15H,2-4,9H2,1H3,(H3,13,14). The van der Waals surface area contributed by atoms with Gasteiger partial charge in [0.15, 0.2) is 0 Å². The van der Waals surface area contributed by atoms with Crippen LogP contribution in [-0.2, 0) is 10.0 Å². The number of hydrogen-bond donors (Lipinski definition) is 3. The quantitative estimate of drug-likeness (QED) is 0.377.